The maximum Gasteiger partial charge on any atom is 0.149 e. The smallest absolute Gasteiger partial charge is 0.149 e. The third-order valence-electron chi connectivity index (χ3n) is 1.76. The lowest BCUT2D eigenvalue weighted by molar-refractivity contribution is 0.0557. The molecule has 3 atom stereocenters. The van der Waals surface area contributed by atoms with Crippen LogP contribution in [0, 0.1) is 0 Å². The number of nitrogens with two attached hydrogens (primary N) is 1. The Morgan fingerprint density at radius 2 is 2.00 bits per heavy atom. The molecule has 10 heavy (non-hydrogen) atoms. The molecule has 0 spiro atoms. The van der Waals surface area contributed by atoms with Crippen LogP contribution in [0.2, 0.25) is 0 Å². The van der Waals surface area contributed by atoms with Crippen LogP contribution in [0.4, 0.5) is 8.78 Å². The maximum atomic E-state index is 12.6. The zero-order valence-corrected chi connectivity index (χ0v) is 5.93. The Balaban J connectivity index is 2.49. The van der Waals surface area contributed by atoms with Gasteiger partial charge < -0.3 is 10.6 Å². The van der Waals surface area contributed by atoms with Gasteiger partial charge in [0.2, 0.25) is 0 Å². The van der Waals surface area contributed by atoms with Crippen LogP contribution < -0.4 is 5.73 Å². The SMILES string of the molecule is CN1CC(N)C(F)C(F)C1. The number of hydrogen-bond acceptors (Lipinski definition) is 2. The zero-order valence-electron chi connectivity index (χ0n) is 5.93. The fourth-order valence-electron chi connectivity index (χ4n) is 1.20. The second-order valence-electron chi connectivity index (χ2n) is 2.85. The Hall–Kier alpha value is -0.220. The van der Waals surface area contributed by atoms with Crippen molar-refractivity contribution in [2.45, 2.75) is 18.4 Å². The zero-order chi connectivity index (χ0) is 7.72. The van der Waals surface area contributed by atoms with Crippen LogP contribution in [0.1, 0.15) is 0 Å². The van der Waals surface area contributed by atoms with E-state index in [9.17, 15) is 8.78 Å². The van der Waals surface area contributed by atoms with Gasteiger partial charge in [0, 0.05) is 13.1 Å². The summed E-state index contributed by atoms with van der Waals surface area (Å²) >= 11 is 0. The van der Waals surface area contributed by atoms with Crippen molar-refractivity contribution < 1.29 is 8.78 Å². The Kier molecular flexibility index (Phi) is 2.21. The van der Waals surface area contributed by atoms with Crippen LogP contribution in [0.5, 0.6) is 0 Å². The Bertz CT molecular complexity index is 108. The molecular formula is C6H12F2N2. The summed E-state index contributed by atoms with van der Waals surface area (Å²) in [6.45, 7) is 0.608. The molecule has 0 aromatic heterocycles. The molecule has 60 valence electrons. The van der Waals surface area contributed by atoms with E-state index in [2.05, 4.69) is 0 Å². The first-order valence-corrected chi connectivity index (χ1v) is 3.33. The molecule has 1 heterocycles. The van der Waals surface area contributed by atoms with E-state index in [-0.39, 0.29) is 6.54 Å². The molecule has 0 radical (unpaired) electrons. The fraction of sp³-hybridized carbons (Fsp3) is 1.00. The first-order valence-electron chi connectivity index (χ1n) is 3.33. The minimum absolute atomic E-state index is 0.162. The number of piperidine rings is 1. The lowest BCUT2D eigenvalue weighted by Crippen LogP contribution is -2.54. The average Bonchev–Trinajstić information content (AvgIpc) is 1.82. The van der Waals surface area contributed by atoms with E-state index in [0.717, 1.165) is 0 Å². The van der Waals surface area contributed by atoms with Gasteiger partial charge in [-0.1, -0.05) is 0 Å². The van der Waals surface area contributed by atoms with Crippen LogP contribution in [-0.4, -0.2) is 43.4 Å². The van der Waals surface area contributed by atoms with Crippen molar-refractivity contribution in [3.05, 3.63) is 0 Å². The number of likely N-dealkylation sites (tertiary alicyclic amines) is 1. The molecule has 1 fully saturated rings. The summed E-state index contributed by atoms with van der Waals surface area (Å²) < 4.78 is 25.2. The molecular weight excluding hydrogens is 138 g/mol. The highest BCUT2D eigenvalue weighted by atomic mass is 19.2. The fourth-order valence-corrected chi connectivity index (χ4v) is 1.20. The Morgan fingerprint density at radius 1 is 1.40 bits per heavy atom. The van der Waals surface area contributed by atoms with Gasteiger partial charge in [-0.05, 0) is 7.05 Å². The number of hydrogen-bond donors (Lipinski definition) is 1. The van der Waals surface area contributed by atoms with Gasteiger partial charge >= 0.3 is 0 Å². The highest BCUT2D eigenvalue weighted by Gasteiger charge is 2.33. The van der Waals surface area contributed by atoms with Crippen molar-refractivity contribution in [2.24, 2.45) is 5.73 Å². The van der Waals surface area contributed by atoms with Crippen LogP contribution in [0.25, 0.3) is 0 Å². The number of likely N-dealkylation sites (N-methyl/N-ethyl adjacent to an activating group) is 1. The molecule has 0 amide bonds. The van der Waals surface area contributed by atoms with Crippen molar-refractivity contribution in [1.82, 2.24) is 4.90 Å². The minimum atomic E-state index is -1.48. The van der Waals surface area contributed by atoms with Gasteiger partial charge in [0.25, 0.3) is 0 Å². The van der Waals surface area contributed by atoms with Crippen LogP contribution >= 0.6 is 0 Å². The molecule has 0 aliphatic carbocycles. The molecule has 1 saturated heterocycles. The number of halogens is 2. The largest absolute Gasteiger partial charge is 0.324 e. The van der Waals surface area contributed by atoms with Crippen molar-refractivity contribution in [3.63, 3.8) is 0 Å². The quantitative estimate of drug-likeness (QED) is 0.524. The molecule has 1 aliphatic heterocycles. The number of rotatable bonds is 0. The van der Waals surface area contributed by atoms with E-state index in [1.54, 1.807) is 11.9 Å². The Morgan fingerprint density at radius 3 is 2.50 bits per heavy atom. The second kappa shape index (κ2) is 2.80. The third-order valence-corrected chi connectivity index (χ3v) is 1.76. The van der Waals surface area contributed by atoms with Gasteiger partial charge in [-0.2, -0.15) is 0 Å². The summed E-state index contributed by atoms with van der Waals surface area (Å²) in [5.41, 5.74) is 5.30. The highest BCUT2D eigenvalue weighted by Crippen LogP contribution is 2.14. The molecule has 3 unspecified atom stereocenters. The maximum absolute atomic E-state index is 12.6. The molecule has 1 rings (SSSR count). The first-order chi connectivity index (χ1) is 4.61. The lowest BCUT2D eigenvalue weighted by atomic mass is 10.0. The third kappa shape index (κ3) is 1.44. The topological polar surface area (TPSA) is 29.3 Å². The molecule has 0 aromatic rings. The summed E-state index contributed by atoms with van der Waals surface area (Å²) in [4.78, 5) is 1.70. The van der Waals surface area contributed by atoms with Crippen LogP contribution in [-0.2, 0) is 0 Å². The van der Waals surface area contributed by atoms with Gasteiger partial charge in [0.1, 0.15) is 12.3 Å². The average molecular weight is 150 g/mol. The molecule has 4 heteroatoms. The van der Waals surface area contributed by atoms with Crippen LogP contribution in [0.3, 0.4) is 0 Å². The van der Waals surface area contributed by atoms with E-state index in [1.807, 2.05) is 0 Å². The van der Waals surface area contributed by atoms with Crippen molar-refractivity contribution in [1.29, 1.82) is 0 Å². The molecule has 2 N–H and O–H groups in total. The molecule has 1 aliphatic rings. The van der Waals surface area contributed by atoms with E-state index in [0.29, 0.717) is 6.54 Å². The summed E-state index contributed by atoms with van der Waals surface area (Å²) in [7, 11) is 1.73. The van der Waals surface area contributed by atoms with Gasteiger partial charge in [-0.15, -0.1) is 0 Å². The van der Waals surface area contributed by atoms with Gasteiger partial charge in [-0.3, -0.25) is 0 Å². The molecule has 2 nitrogen and oxygen atoms in total. The lowest BCUT2D eigenvalue weighted by Gasteiger charge is -2.32. The Labute approximate surface area is 59.0 Å². The van der Waals surface area contributed by atoms with Crippen LogP contribution in [0.15, 0.2) is 0 Å². The number of nitrogens with zero attached hydrogens (tertiary/aromatic N) is 1. The van der Waals surface area contributed by atoms with E-state index < -0.39 is 18.4 Å². The summed E-state index contributed by atoms with van der Waals surface area (Å²) in [6.07, 6.45) is -2.88. The summed E-state index contributed by atoms with van der Waals surface area (Å²) in [5.74, 6) is 0. The highest BCUT2D eigenvalue weighted by molar-refractivity contribution is 4.88. The minimum Gasteiger partial charge on any atom is -0.324 e. The molecule has 0 aromatic carbocycles. The predicted octanol–water partition coefficient (Wildman–Crippen LogP) is -0.0647. The van der Waals surface area contributed by atoms with Gasteiger partial charge in [0.05, 0.1) is 6.04 Å². The standard InChI is InChI=1S/C6H12F2N2/c1-10-2-4(7)6(8)5(9)3-10/h4-6H,2-3,9H2,1H3. The predicted molar refractivity (Wildman–Crippen MR) is 35.3 cm³/mol. The van der Waals surface area contributed by atoms with E-state index >= 15 is 0 Å². The first kappa shape index (κ1) is 7.88. The van der Waals surface area contributed by atoms with E-state index in [4.69, 9.17) is 5.73 Å². The van der Waals surface area contributed by atoms with E-state index in [1.165, 1.54) is 0 Å². The molecule has 0 saturated carbocycles. The molecule has 0 bridgehead atoms. The van der Waals surface area contributed by atoms with Crippen molar-refractivity contribution in [3.8, 4) is 0 Å². The normalized spacial score (nSPS) is 43.8. The summed E-state index contributed by atoms with van der Waals surface area (Å²) in [6, 6.07) is -0.659. The second-order valence-corrected chi connectivity index (χ2v) is 2.85. The summed E-state index contributed by atoms with van der Waals surface area (Å²) in [5, 5.41) is 0. The van der Waals surface area contributed by atoms with Gasteiger partial charge in [0.15, 0.2) is 0 Å². The van der Waals surface area contributed by atoms with Crippen molar-refractivity contribution >= 4 is 0 Å². The van der Waals surface area contributed by atoms with Gasteiger partial charge in [-0.25, -0.2) is 8.78 Å². The number of alkyl halides is 2. The van der Waals surface area contributed by atoms with Crippen molar-refractivity contribution in [2.75, 3.05) is 20.1 Å². The monoisotopic (exact) mass is 150 g/mol.